The van der Waals surface area contributed by atoms with Crippen LogP contribution in [0.3, 0.4) is 0 Å². The first kappa shape index (κ1) is 10.2. The van der Waals surface area contributed by atoms with E-state index < -0.39 is 0 Å². The topological polar surface area (TPSA) is 35.9 Å². The Morgan fingerprint density at radius 2 is 1.64 bits per heavy atom. The van der Waals surface area contributed by atoms with Crippen molar-refractivity contribution in [2.24, 2.45) is 11.8 Å². The predicted molar refractivity (Wildman–Crippen MR) is 49.7 cm³/mol. The second-order valence-electron chi connectivity index (χ2n) is 3.37. The molecule has 0 spiro atoms. The number of hydrogen-bond donors (Lipinski definition) is 2. The first-order valence-electron chi connectivity index (χ1n) is 3.99. The maximum Gasteiger partial charge on any atom is 0.0999 e. The van der Waals surface area contributed by atoms with E-state index >= 15 is 0 Å². The molecule has 0 saturated heterocycles. The zero-order chi connectivity index (χ0) is 9.02. The summed E-state index contributed by atoms with van der Waals surface area (Å²) in [5.74, 6) is 1.20. The smallest absolute Gasteiger partial charge is 0.0999 e. The standard InChI is InChI=1S/C9H18N2/c1-6(2)8(5)11-9(10)7(3)4/h6-7H,5H2,1-4H3,(H2,10,11). The van der Waals surface area contributed by atoms with Crippen molar-refractivity contribution in [1.82, 2.24) is 5.32 Å². The van der Waals surface area contributed by atoms with Gasteiger partial charge in [0.25, 0.3) is 0 Å². The van der Waals surface area contributed by atoms with Crippen molar-refractivity contribution in [3.63, 3.8) is 0 Å². The summed E-state index contributed by atoms with van der Waals surface area (Å²) >= 11 is 0. The van der Waals surface area contributed by atoms with Crippen LogP contribution in [0, 0.1) is 17.2 Å². The van der Waals surface area contributed by atoms with Gasteiger partial charge in [0, 0.05) is 11.6 Å². The highest BCUT2D eigenvalue weighted by Gasteiger charge is 2.05. The molecule has 0 unspecified atom stereocenters. The molecular weight excluding hydrogens is 136 g/mol. The van der Waals surface area contributed by atoms with Crippen molar-refractivity contribution in [3.8, 4) is 0 Å². The summed E-state index contributed by atoms with van der Waals surface area (Å²) in [6.07, 6.45) is 0. The van der Waals surface area contributed by atoms with E-state index in [1.807, 2.05) is 13.8 Å². The molecule has 0 aliphatic heterocycles. The number of rotatable bonds is 3. The molecule has 0 aromatic carbocycles. The van der Waals surface area contributed by atoms with Gasteiger partial charge in [-0.05, 0) is 5.92 Å². The molecule has 0 bridgehead atoms. The highest BCUT2D eigenvalue weighted by atomic mass is 15.0. The van der Waals surface area contributed by atoms with E-state index in [1.54, 1.807) is 0 Å². The molecule has 0 rings (SSSR count). The van der Waals surface area contributed by atoms with Gasteiger partial charge in [-0.2, -0.15) is 0 Å². The van der Waals surface area contributed by atoms with Gasteiger partial charge in [-0.1, -0.05) is 34.3 Å². The van der Waals surface area contributed by atoms with E-state index in [9.17, 15) is 0 Å². The van der Waals surface area contributed by atoms with Crippen LogP contribution in [0.25, 0.3) is 0 Å². The molecule has 2 nitrogen and oxygen atoms in total. The normalized spacial score (nSPS) is 10.4. The molecule has 64 valence electrons. The molecule has 11 heavy (non-hydrogen) atoms. The van der Waals surface area contributed by atoms with Gasteiger partial charge in [0.1, 0.15) is 0 Å². The van der Waals surface area contributed by atoms with Gasteiger partial charge in [0.15, 0.2) is 0 Å². The van der Waals surface area contributed by atoms with Gasteiger partial charge in [-0.3, -0.25) is 5.41 Å². The molecule has 0 saturated carbocycles. The van der Waals surface area contributed by atoms with Gasteiger partial charge < -0.3 is 5.32 Å². The Kier molecular flexibility index (Phi) is 3.86. The minimum atomic E-state index is 0.255. The molecule has 0 aliphatic rings. The van der Waals surface area contributed by atoms with Crippen LogP contribution >= 0.6 is 0 Å². The molecule has 0 heterocycles. The van der Waals surface area contributed by atoms with Crippen molar-refractivity contribution in [3.05, 3.63) is 12.3 Å². The highest BCUT2D eigenvalue weighted by Crippen LogP contribution is 2.03. The first-order valence-corrected chi connectivity index (χ1v) is 3.99. The van der Waals surface area contributed by atoms with Gasteiger partial charge in [0.05, 0.1) is 5.84 Å². The quantitative estimate of drug-likeness (QED) is 0.475. The summed E-state index contributed by atoms with van der Waals surface area (Å²) in [7, 11) is 0. The molecule has 0 aromatic rings. The zero-order valence-corrected chi connectivity index (χ0v) is 7.86. The first-order chi connectivity index (χ1) is 4.95. The summed E-state index contributed by atoms with van der Waals surface area (Å²) in [5.41, 5.74) is 0.920. The lowest BCUT2D eigenvalue weighted by Gasteiger charge is -2.15. The van der Waals surface area contributed by atoms with Crippen LogP contribution in [-0.4, -0.2) is 5.84 Å². The Balaban J connectivity index is 3.86. The van der Waals surface area contributed by atoms with Crippen LogP contribution in [0.1, 0.15) is 27.7 Å². The van der Waals surface area contributed by atoms with Gasteiger partial charge >= 0.3 is 0 Å². The van der Waals surface area contributed by atoms with E-state index in [0.717, 1.165) is 5.70 Å². The van der Waals surface area contributed by atoms with Crippen LogP contribution in [0.4, 0.5) is 0 Å². The van der Waals surface area contributed by atoms with Gasteiger partial charge in [-0.25, -0.2) is 0 Å². The summed E-state index contributed by atoms with van der Waals surface area (Å²) in [4.78, 5) is 0. The number of allylic oxidation sites excluding steroid dienone is 1. The van der Waals surface area contributed by atoms with E-state index in [0.29, 0.717) is 11.8 Å². The third-order valence-corrected chi connectivity index (χ3v) is 1.57. The molecule has 0 aliphatic carbocycles. The average Bonchev–Trinajstić information content (AvgIpc) is 1.87. The summed E-state index contributed by atoms with van der Waals surface area (Å²) in [5, 5.41) is 10.5. The van der Waals surface area contributed by atoms with Crippen LogP contribution < -0.4 is 5.32 Å². The monoisotopic (exact) mass is 154 g/mol. The predicted octanol–water partition coefficient (Wildman–Crippen LogP) is 2.38. The number of amidine groups is 1. The number of hydrogen-bond acceptors (Lipinski definition) is 1. The Morgan fingerprint density at radius 1 is 1.18 bits per heavy atom. The van der Waals surface area contributed by atoms with E-state index in [4.69, 9.17) is 5.41 Å². The van der Waals surface area contributed by atoms with Gasteiger partial charge in [-0.15, -0.1) is 0 Å². The fourth-order valence-electron chi connectivity index (χ4n) is 0.462. The SMILES string of the molecule is C=C(NC(=N)C(C)C)C(C)C. The molecular formula is C9H18N2. The van der Waals surface area contributed by atoms with Gasteiger partial charge in [0.2, 0.25) is 0 Å². The number of nitrogens with one attached hydrogen (secondary N) is 2. The second kappa shape index (κ2) is 4.16. The molecule has 0 amide bonds. The third kappa shape index (κ3) is 3.81. The zero-order valence-electron chi connectivity index (χ0n) is 7.86. The molecule has 0 aromatic heterocycles. The third-order valence-electron chi connectivity index (χ3n) is 1.57. The molecule has 0 radical (unpaired) electrons. The molecule has 0 fully saturated rings. The molecule has 2 N–H and O–H groups in total. The van der Waals surface area contributed by atoms with E-state index in [1.165, 1.54) is 0 Å². The maximum atomic E-state index is 7.50. The second-order valence-corrected chi connectivity index (χ2v) is 3.37. The van der Waals surface area contributed by atoms with Crippen molar-refractivity contribution < 1.29 is 0 Å². The fraction of sp³-hybridized carbons (Fsp3) is 0.667. The lowest BCUT2D eigenvalue weighted by atomic mass is 10.1. The van der Waals surface area contributed by atoms with Crippen molar-refractivity contribution >= 4 is 5.84 Å². The van der Waals surface area contributed by atoms with Crippen LogP contribution in [0.5, 0.6) is 0 Å². The van der Waals surface area contributed by atoms with E-state index in [-0.39, 0.29) is 5.92 Å². The Morgan fingerprint density at radius 3 is 1.91 bits per heavy atom. The van der Waals surface area contributed by atoms with Crippen molar-refractivity contribution in [2.75, 3.05) is 0 Å². The Labute approximate surface area is 69.2 Å². The lowest BCUT2D eigenvalue weighted by Crippen LogP contribution is -2.27. The fourth-order valence-corrected chi connectivity index (χ4v) is 0.462. The molecule has 2 heteroatoms. The lowest BCUT2D eigenvalue weighted by molar-refractivity contribution is 0.709. The van der Waals surface area contributed by atoms with Crippen LogP contribution in [-0.2, 0) is 0 Å². The van der Waals surface area contributed by atoms with Crippen LogP contribution in [0.15, 0.2) is 12.3 Å². The van der Waals surface area contributed by atoms with Crippen molar-refractivity contribution in [2.45, 2.75) is 27.7 Å². The Bertz CT molecular complexity index is 139. The molecule has 0 atom stereocenters. The average molecular weight is 154 g/mol. The highest BCUT2D eigenvalue weighted by molar-refractivity contribution is 5.82. The minimum Gasteiger partial charge on any atom is -0.348 e. The largest absolute Gasteiger partial charge is 0.348 e. The minimum absolute atomic E-state index is 0.255. The summed E-state index contributed by atoms with van der Waals surface area (Å²) < 4.78 is 0. The van der Waals surface area contributed by atoms with Crippen molar-refractivity contribution in [1.29, 1.82) is 5.41 Å². The summed E-state index contributed by atoms with van der Waals surface area (Å²) in [6.45, 7) is 11.9. The Hall–Kier alpha value is -0.790. The maximum absolute atomic E-state index is 7.50. The van der Waals surface area contributed by atoms with Crippen LogP contribution in [0.2, 0.25) is 0 Å². The summed E-state index contributed by atoms with van der Waals surface area (Å²) in [6, 6.07) is 0. The van der Waals surface area contributed by atoms with E-state index in [2.05, 4.69) is 25.7 Å².